The Kier molecular flexibility index (Phi) is 2.33. The number of hydrogen-bond acceptors (Lipinski definition) is 2. The van der Waals surface area contributed by atoms with Crippen LogP contribution in [0.5, 0.6) is 0 Å². The molecule has 3 nitrogen and oxygen atoms in total. The molecule has 0 radical (unpaired) electrons. The SMILES string of the molecule is COC1C=CC=CC1(C)C(=O)O. The first-order valence-electron chi connectivity index (χ1n) is 3.73. The first-order valence-corrected chi connectivity index (χ1v) is 3.73. The van der Waals surface area contributed by atoms with Crippen molar-refractivity contribution in [2.45, 2.75) is 13.0 Å². The molecule has 12 heavy (non-hydrogen) atoms. The van der Waals surface area contributed by atoms with Gasteiger partial charge >= 0.3 is 5.97 Å². The van der Waals surface area contributed by atoms with E-state index in [1.54, 1.807) is 31.2 Å². The highest BCUT2D eigenvalue weighted by Gasteiger charge is 2.39. The summed E-state index contributed by atoms with van der Waals surface area (Å²) in [6.45, 7) is 1.64. The highest BCUT2D eigenvalue weighted by molar-refractivity contribution is 5.78. The molecule has 0 saturated carbocycles. The van der Waals surface area contributed by atoms with E-state index in [-0.39, 0.29) is 6.10 Å². The molecule has 1 aliphatic rings. The summed E-state index contributed by atoms with van der Waals surface area (Å²) in [6.07, 6.45) is 6.53. The molecule has 0 aromatic rings. The standard InChI is InChI=1S/C9H12O3/c1-9(8(10)11)6-4-3-5-7(9)12-2/h3-7H,1-2H3,(H,10,11). The minimum Gasteiger partial charge on any atom is -0.481 e. The van der Waals surface area contributed by atoms with Crippen LogP contribution >= 0.6 is 0 Å². The van der Waals surface area contributed by atoms with E-state index in [4.69, 9.17) is 9.84 Å². The summed E-state index contributed by atoms with van der Waals surface area (Å²) in [4.78, 5) is 10.9. The number of methoxy groups -OCH3 is 1. The average Bonchev–Trinajstić information content (AvgIpc) is 2.05. The van der Waals surface area contributed by atoms with Crippen LogP contribution in [0.4, 0.5) is 0 Å². The van der Waals surface area contributed by atoms with Crippen LogP contribution in [0.25, 0.3) is 0 Å². The van der Waals surface area contributed by atoms with Crippen LogP contribution in [0.15, 0.2) is 24.3 Å². The number of allylic oxidation sites excluding steroid dienone is 2. The summed E-state index contributed by atoms with van der Waals surface area (Å²) in [5.41, 5.74) is -0.927. The fourth-order valence-electron chi connectivity index (χ4n) is 1.23. The Morgan fingerprint density at radius 2 is 2.25 bits per heavy atom. The molecule has 0 heterocycles. The first-order chi connectivity index (χ1) is 5.61. The maximum absolute atomic E-state index is 10.9. The fourth-order valence-corrected chi connectivity index (χ4v) is 1.23. The van der Waals surface area contributed by atoms with E-state index < -0.39 is 11.4 Å². The second-order valence-corrected chi connectivity index (χ2v) is 2.99. The van der Waals surface area contributed by atoms with Crippen LogP contribution in [0.3, 0.4) is 0 Å². The van der Waals surface area contributed by atoms with Gasteiger partial charge in [-0.2, -0.15) is 0 Å². The molecule has 3 heteroatoms. The average molecular weight is 168 g/mol. The van der Waals surface area contributed by atoms with Gasteiger partial charge in [-0.25, -0.2) is 0 Å². The zero-order valence-corrected chi connectivity index (χ0v) is 7.15. The molecule has 1 aliphatic carbocycles. The number of carboxylic acids is 1. The molecule has 0 aromatic heterocycles. The van der Waals surface area contributed by atoms with E-state index in [9.17, 15) is 4.79 Å². The Bertz CT molecular complexity index is 242. The lowest BCUT2D eigenvalue weighted by Crippen LogP contribution is -2.39. The lowest BCUT2D eigenvalue weighted by Gasteiger charge is -2.29. The monoisotopic (exact) mass is 168 g/mol. The zero-order valence-electron chi connectivity index (χ0n) is 7.15. The maximum atomic E-state index is 10.9. The van der Waals surface area contributed by atoms with Gasteiger partial charge in [0.2, 0.25) is 0 Å². The van der Waals surface area contributed by atoms with Crippen LogP contribution in [-0.4, -0.2) is 24.3 Å². The van der Waals surface area contributed by atoms with Gasteiger partial charge in [-0.1, -0.05) is 24.3 Å². The number of rotatable bonds is 2. The maximum Gasteiger partial charge on any atom is 0.316 e. The Balaban J connectivity index is 2.94. The van der Waals surface area contributed by atoms with Crippen LogP contribution in [0.1, 0.15) is 6.92 Å². The molecular weight excluding hydrogens is 156 g/mol. The third kappa shape index (κ3) is 1.28. The molecule has 1 N–H and O–H groups in total. The zero-order chi connectivity index (χ0) is 9.19. The highest BCUT2D eigenvalue weighted by Crippen LogP contribution is 2.29. The van der Waals surface area contributed by atoms with E-state index in [2.05, 4.69) is 0 Å². The number of hydrogen-bond donors (Lipinski definition) is 1. The van der Waals surface area contributed by atoms with Crippen molar-refractivity contribution in [3.63, 3.8) is 0 Å². The van der Waals surface area contributed by atoms with E-state index in [1.807, 2.05) is 0 Å². The van der Waals surface area contributed by atoms with Gasteiger partial charge in [0.05, 0.1) is 6.10 Å². The predicted octanol–water partition coefficient (Wildman–Crippen LogP) is 1.22. The molecule has 66 valence electrons. The summed E-state index contributed by atoms with van der Waals surface area (Å²) in [5, 5.41) is 8.93. The van der Waals surface area contributed by atoms with Gasteiger partial charge in [-0.15, -0.1) is 0 Å². The number of aliphatic carboxylic acids is 1. The Morgan fingerprint density at radius 3 is 2.67 bits per heavy atom. The molecule has 0 bridgehead atoms. The normalized spacial score (nSPS) is 33.7. The Labute approximate surface area is 71.3 Å². The van der Waals surface area contributed by atoms with Crippen molar-refractivity contribution in [2.75, 3.05) is 7.11 Å². The van der Waals surface area contributed by atoms with E-state index in [0.29, 0.717) is 0 Å². The summed E-state index contributed by atoms with van der Waals surface area (Å²) < 4.78 is 5.05. The lowest BCUT2D eigenvalue weighted by atomic mass is 9.81. The molecule has 2 atom stereocenters. The van der Waals surface area contributed by atoms with Gasteiger partial charge in [0.25, 0.3) is 0 Å². The minimum absolute atomic E-state index is 0.375. The van der Waals surface area contributed by atoms with E-state index in [1.165, 1.54) is 7.11 Å². The van der Waals surface area contributed by atoms with Gasteiger partial charge in [-0.3, -0.25) is 4.79 Å². The first kappa shape index (κ1) is 9.00. The summed E-state index contributed by atoms with van der Waals surface area (Å²) in [7, 11) is 1.51. The van der Waals surface area contributed by atoms with Gasteiger partial charge in [0.1, 0.15) is 5.41 Å². The smallest absolute Gasteiger partial charge is 0.316 e. The van der Waals surface area contributed by atoms with Gasteiger partial charge in [0.15, 0.2) is 0 Å². The predicted molar refractivity (Wildman–Crippen MR) is 44.8 cm³/mol. The molecule has 0 fully saturated rings. The van der Waals surface area contributed by atoms with Crippen molar-refractivity contribution >= 4 is 5.97 Å². The third-order valence-corrected chi connectivity index (χ3v) is 2.15. The molecule has 0 aromatic carbocycles. The van der Waals surface area contributed by atoms with Gasteiger partial charge in [0, 0.05) is 7.11 Å². The lowest BCUT2D eigenvalue weighted by molar-refractivity contribution is -0.150. The summed E-state index contributed by atoms with van der Waals surface area (Å²) in [6, 6.07) is 0. The van der Waals surface area contributed by atoms with Crippen molar-refractivity contribution in [1.82, 2.24) is 0 Å². The minimum atomic E-state index is -0.927. The number of carbonyl (C=O) groups is 1. The molecule has 2 unspecified atom stereocenters. The second-order valence-electron chi connectivity index (χ2n) is 2.99. The largest absolute Gasteiger partial charge is 0.481 e. The molecule has 0 saturated heterocycles. The second kappa shape index (κ2) is 3.11. The topological polar surface area (TPSA) is 46.5 Å². The van der Waals surface area contributed by atoms with E-state index in [0.717, 1.165) is 0 Å². The third-order valence-electron chi connectivity index (χ3n) is 2.15. The van der Waals surface area contributed by atoms with Crippen molar-refractivity contribution < 1.29 is 14.6 Å². The highest BCUT2D eigenvalue weighted by atomic mass is 16.5. The van der Waals surface area contributed by atoms with Gasteiger partial charge < -0.3 is 9.84 Å². The fraction of sp³-hybridized carbons (Fsp3) is 0.444. The van der Waals surface area contributed by atoms with Gasteiger partial charge in [-0.05, 0) is 6.92 Å². The van der Waals surface area contributed by atoms with Crippen molar-refractivity contribution in [3.05, 3.63) is 24.3 Å². The number of ether oxygens (including phenoxy) is 1. The van der Waals surface area contributed by atoms with Crippen LogP contribution in [0, 0.1) is 5.41 Å². The van der Waals surface area contributed by atoms with Crippen LogP contribution in [0.2, 0.25) is 0 Å². The van der Waals surface area contributed by atoms with Crippen LogP contribution < -0.4 is 0 Å². The molecule has 0 amide bonds. The Hall–Kier alpha value is -1.09. The Morgan fingerprint density at radius 1 is 1.58 bits per heavy atom. The summed E-state index contributed by atoms with van der Waals surface area (Å²) >= 11 is 0. The molecule has 0 spiro atoms. The quantitative estimate of drug-likeness (QED) is 0.674. The molecule has 0 aliphatic heterocycles. The molecular formula is C9H12O3. The van der Waals surface area contributed by atoms with Crippen LogP contribution in [-0.2, 0) is 9.53 Å². The molecule has 1 rings (SSSR count). The van der Waals surface area contributed by atoms with Crippen molar-refractivity contribution in [1.29, 1.82) is 0 Å². The van der Waals surface area contributed by atoms with Crippen molar-refractivity contribution in [3.8, 4) is 0 Å². The van der Waals surface area contributed by atoms with E-state index >= 15 is 0 Å². The van der Waals surface area contributed by atoms with Crippen molar-refractivity contribution in [2.24, 2.45) is 5.41 Å². The summed E-state index contributed by atoms with van der Waals surface area (Å²) in [5.74, 6) is -0.866. The number of carboxylic acid groups (broad SMARTS) is 1.